The molecular formula is C45H50N8O4S2. The van der Waals surface area contributed by atoms with Crippen molar-refractivity contribution in [1.29, 1.82) is 0 Å². The molecule has 0 aliphatic rings. The maximum absolute atomic E-state index is 12.3. The van der Waals surface area contributed by atoms with Gasteiger partial charge in [0.15, 0.2) is 10.3 Å². The molecule has 0 aliphatic heterocycles. The fourth-order valence-electron chi connectivity index (χ4n) is 5.53. The number of carbonyl (C=O) groups excluding carboxylic acids is 4. The van der Waals surface area contributed by atoms with Gasteiger partial charge in [-0.2, -0.15) is 0 Å². The first-order valence-corrected chi connectivity index (χ1v) is 20.9. The van der Waals surface area contributed by atoms with Crippen molar-refractivity contribution in [2.75, 3.05) is 40.3 Å². The Balaban J connectivity index is 0.000000225. The summed E-state index contributed by atoms with van der Waals surface area (Å²) in [5.41, 5.74) is 6.05. The molecule has 0 unspecified atom stereocenters. The van der Waals surface area contributed by atoms with E-state index < -0.39 is 0 Å². The molecule has 4 amide bonds. The van der Waals surface area contributed by atoms with Crippen LogP contribution in [0, 0.1) is 0 Å². The molecule has 6 rings (SSSR count). The van der Waals surface area contributed by atoms with E-state index in [2.05, 4.69) is 63.9 Å². The predicted octanol–water partition coefficient (Wildman–Crippen LogP) is 8.72. The van der Waals surface area contributed by atoms with E-state index in [1.165, 1.54) is 22.7 Å². The Bertz CT molecular complexity index is 2290. The Kier molecular flexibility index (Phi) is 16.0. The summed E-state index contributed by atoms with van der Waals surface area (Å²) in [4.78, 5) is 65.7. The van der Waals surface area contributed by atoms with E-state index in [0.29, 0.717) is 39.9 Å². The van der Waals surface area contributed by atoms with Crippen LogP contribution in [0.3, 0.4) is 0 Å². The fraction of sp³-hybridized carbons (Fsp3) is 0.267. The van der Waals surface area contributed by atoms with Gasteiger partial charge in [0, 0.05) is 65.7 Å². The summed E-state index contributed by atoms with van der Waals surface area (Å²) >= 11 is 2.99. The highest BCUT2D eigenvalue weighted by Gasteiger charge is 2.12. The van der Waals surface area contributed by atoms with Crippen molar-refractivity contribution in [1.82, 2.24) is 15.0 Å². The second-order valence-corrected chi connectivity index (χ2v) is 16.8. The molecule has 0 aliphatic carbocycles. The van der Waals surface area contributed by atoms with Crippen LogP contribution in [-0.4, -0.2) is 52.7 Å². The Hall–Kier alpha value is -6.25. The second-order valence-electron chi connectivity index (χ2n) is 14.7. The molecule has 14 heteroatoms. The number of hydrogen-bond acceptors (Lipinski definition) is 10. The number of carbonyl (C=O) groups is 4. The zero-order valence-corrected chi connectivity index (χ0v) is 35.7. The van der Waals surface area contributed by atoms with Gasteiger partial charge in [0.05, 0.1) is 25.7 Å². The van der Waals surface area contributed by atoms with E-state index in [1.807, 2.05) is 85.7 Å². The summed E-state index contributed by atoms with van der Waals surface area (Å²) in [7, 11) is 3.97. The molecule has 0 atom stereocenters. The summed E-state index contributed by atoms with van der Waals surface area (Å²) in [5.74, 6) is 0.379. The molecule has 59 heavy (non-hydrogen) atoms. The number of anilines is 5. The molecule has 0 fully saturated rings. The number of hydrogen-bond donors (Lipinski definition) is 4. The third-order valence-corrected chi connectivity index (χ3v) is 11.2. The normalized spacial score (nSPS) is 10.7. The van der Waals surface area contributed by atoms with Gasteiger partial charge in [-0.25, -0.2) is 9.97 Å². The lowest BCUT2D eigenvalue weighted by atomic mass is 10.1. The van der Waals surface area contributed by atoms with Gasteiger partial charge in [-0.1, -0.05) is 70.2 Å². The summed E-state index contributed by atoms with van der Waals surface area (Å²) in [6.45, 7) is 8.38. The van der Waals surface area contributed by atoms with Crippen LogP contribution in [-0.2, 0) is 44.9 Å². The number of pyridine rings is 1. The summed E-state index contributed by atoms with van der Waals surface area (Å²) in [6, 6.07) is 26.2. The molecule has 0 saturated heterocycles. The maximum atomic E-state index is 12.3. The minimum atomic E-state index is -0.113. The Morgan fingerprint density at radius 3 is 1.27 bits per heavy atom. The van der Waals surface area contributed by atoms with Crippen LogP contribution >= 0.6 is 22.7 Å². The maximum Gasteiger partial charge on any atom is 0.230 e. The number of benzene rings is 3. The van der Waals surface area contributed by atoms with Crippen molar-refractivity contribution in [3.05, 3.63) is 142 Å². The topological polar surface area (TPSA) is 158 Å². The molecule has 3 aromatic carbocycles. The molecule has 3 heterocycles. The average Bonchev–Trinajstić information content (AvgIpc) is 3.88. The Morgan fingerprint density at radius 1 is 0.525 bits per heavy atom. The highest BCUT2D eigenvalue weighted by atomic mass is 32.1. The van der Waals surface area contributed by atoms with Gasteiger partial charge in [0.25, 0.3) is 0 Å². The minimum Gasteiger partial charge on any atom is -0.378 e. The molecule has 0 saturated carbocycles. The molecule has 4 N–H and O–H groups in total. The van der Waals surface area contributed by atoms with Gasteiger partial charge in [-0.15, -0.1) is 22.7 Å². The van der Waals surface area contributed by atoms with Gasteiger partial charge in [0.1, 0.15) is 0 Å². The minimum absolute atomic E-state index is 0.0761. The van der Waals surface area contributed by atoms with Crippen molar-refractivity contribution in [2.24, 2.45) is 0 Å². The first-order valence-electron chi connectivity index (χ1n) is 19.2. The van der Waals surface area contributed by atoms with E-state index >= 15 is 0 Å². The second kappa shape index (κ2) is 21.5. The zero-order valence-electron chi connectivity index (χ0n) is 34.1. The molecule has 0 radical (unpaired) electrons. The number of nitrogens with zero attached hydrogens (tertiary/aromatic N) is 4. The zero-order chi connectivity index (χ0) is 42.3. The lowest BCUT2D eigenvalue weighted by Crippen LogP contribution is -2.15. The van der Waals surface area contributed by atoms with Crippen molar-refractivity contribution in [3.8, 4) is 0 Å². The predicted molar refractivity (Wildman–Crippen MR) is 240 cm³/mol. The molecular weight excluding hydrogens is 781 g/mol. The van der Waals surface area contributed by atoms with Crippen LogP contribution in [0.15, 0.2) is 110 Å². The standard InChI is InChI=1S/C24H28N4O2S.C21H22N4O2S/c1-16(2)21-15-25-24(31-21)27-23(30)14-17-5-9-19(10-6-17)26-22(29)13-18-7-11-20(12-8-18)28(3)4;1-14(2)18-13-23-21(28-18)25-20(27)10-15-5-7-17(8-6-15)24-19(26)11-16-4-3-9-22-12-16/h5-12,15-16H,13-14H2,1-4H3,(H,26,29)(H,25,27,30);3-9,12-14H,10-11H2,1-2H3,(H,24,26)(H,23,25,27). The van der Waals surface area contributed by atoms with Gasteiger partial charge < -0.3 is 26.2 Å². The summed E-state index contributed by atoms with van der Waals surface area (Å²) < 4.78 is 0. The molecule has 3 aromatic heterocycles. The van der Waals surface area contributed by atoms with E-state index in [9.17, 15) is 19.2 Å². The lowest BCUT2D eigenvalue weighted by molar-refractivity contribution is -0.116. The molecule has 0 spiro atoms. The highest BCUT2D eigenvalue weighted by molar-refractivity contribution is 7.16. The number of thiazole rings is 2. The Morgan fingerprint density at radius 2 is 0.915 bits per heavy atom. The monoisotopic (exact) mass is 830 g/mol. The first kappa shape index (κ1) is 43.9. The largest absolute Gasteiger partial charge is 0.378 e. The van der Waals surface area contributed by atoms with Gasteiger partial charge in [-0.05, 0) is 76.6 Å². The first-order chi connectivity index (χ1) is 28.3. The Labute approximate surface area is 353 Å². The SMILES string of the molecule is CC(C)c1cnc(NC(=O)Cc2ccc(NC(=O)Cc3ccc(N(C)C)cc3)cc2)s1.CC(C)c1cnc(NC(=O)Cc2ccc(NC(=O)Cc3cccnc3)cc2)s1. The summed E-state index contributed by atoms with van der Waals surface area (Å²) in [6.07, 6.45) is 8.03. The van der Waals surface area contributed by atoms with Crippen molar-refractivity contribution >= 4 is 73.6 Å². The van der Waals surface area contributed by atoms with E-state index in [4.69, 9.17) is 0 Å². The van der Waals surface area contributed by atoms with E-state index in [1.54, 1.807) is 43.0 Å². The van der Waals surface area contributed by atoms with Crippen molar-refractivity contribution in [2.45, 2.75) is 65.2 Å². The van der Waals surface area contributed by atoms with Gasteiger partial charge in [0.2, 0.25) is 23.6 Å². The number of rotatable bonds is 15. The lowest BCUT2D eigenvalue weighted by Gasteiger charge is -2.12. The summed E-state index contributed by atoms with van der Waals surface area (Å²) in [5, 5.41) is 12.7. The van der Waals surface area contributed by atoms with Gasteiger partial charge in [-0.3, -0.25) is 24.2 Å². The van der Waals surface area contributed by atoms with Crippen LogP contribution in [0.1, 0.15) is 71.5 Å². The highest BCUT2D eigenvalue weighted by Crippen LogP contribution is 2.26. The number of nitrogens with one attached hydrogen (secondary N) is 4. The fourth-order valence-corrected chi connectivity index (χ4v) is 7.20. The number of aromatic nitrogens is 3. The van der Waals surface area contributed by atoms with Gasteiger partial charge >= 0.3 is 0 Å². The smallest absolute Gasteiger partial charge is 0.230 e. The third-order valence-electron chi connectivity index (χ3n) is 8.79. The van der Waals surface area contributed by atoms with Crippen LogP contribution in [0.4, 0.5) is 27.3 Å². The molecule has 0 bridgehead atoms. The average molecular weight is 831 g/mol. The van der Waals surface area contributed by atoms with Crippen LogP contribution in [0.5, 0.6) is 0 Å². The molecule has 306 valence electrons. The van der Waals surface area contributed by atoms with E-state index in [0.717, 1.165) is 37.7 Å². The molecule has 6 aromatic rings. The van der Waals surface area contributed by atoms with Crippen LogP contribution in [0.25, 0.3) is 0 Å². The number of amides is 4. The van der Waals surface area contributed by atoms with Crippen LogP contribution < -0.4 is 26.2 Å². The van der Waals surface area contributed by atoms with Crippen molar-refractivity contribution in [3.63, 3.8) is 0 Å². The van der Waals surface area contributed by atoms with Crippen molar-refractivity contribution < 1.29 is 19.2 Å². The van der Waals surface area contributed by atoms with E-state index in [-0.39, 0.29) is 42.9 Å². The third kappa shape index (κ3) is 14.6. The molecule has 12 nitrogen and oxygen atoms in total. The quantitative estimate of drug-likeness (QED) is 0.0801. The van der Waals surface area contributed by atoms with Crippen LogP contribution in [0.2, 0.25) is 0 Å².